The van der Waals surface area contributed by atoms with Crippen molar-refractivity contribution >= 4 is 34.6 Å². The summed E-state index contributed by atoms with van der Waals surface area (Å²) in [5.41, 5.74) is 3.57. The number of ether oxygens (including phenoxy) is 1. The number of hydrogen-bond acceptors (Lipinski definition) is 4. The minimum atomic E-state index is -0.564. The molecule has 6 nitrogen and oxygen atoms in total. The number of aryl methyl sites for hydroxylation is 1. The number of carbonyl (C=O) groups is 2. The van der Waals surface area contributed by atoms with Gasteiger partial charge in [0.15, 0.2) is 0 Å². The van der Waals surface area contributed by atoms with E-state index in [-0.39, 0.29) is 11.6 Å². The van der Waals surface area contributed by atoms with Gasteiger partial charge in [0.1, 0.15) is 5.82 Å². The van der Waals surface area contributed by atoms with E-state index in [4.69, 9.17) is 4.74 Å². The number of urea groups is 1. The monoisotopic (exact) mass is 495 g/mol. The first-order chi connectivity index (χ1) is 17.2. The first-order valence-electron chi connectivity index (χ1n) is 12.7. The number of halogens is 1. The van der Waals surface area contributed by atoms with Crippen LogP contribution in [0.4, 0.5) is 26.2 Å². The predicted octanol–water partition coefficient (Wildman–Crippen LogP) is 7.15. The topological polar surface area (TPSA) is 70.7 Å². The number of methoxy groups -OCH3 is 1. The molecule has 1 aliphatic carbocycles. The fraction of sp³-hybridized carbons (Fsp3) is 0.448. The molecule has 0 unspecified atom stereocenters. The molecule has 0 aliphatic heterocycles. The van der Waals surface area contributed by atoms with E-state index in [9.17, 15) is 9.59 Å². The summed E-state index contributed by atoms with van der Waals surface area (Å²) < 4.78 is 20.2. The summed E-state index contributed by atoms with van der Waals surface area (Å²) >= 11 is 0. The number of carbonyl (C=O) groups excluding carboxylic acids is 2. The molecule has 2 aromatic carbocycles. The lowest BCUT2D eigenvalue weighted by Gasteiger charge is -2.38. The molecule has 0 radical (unpaired) electrons. The van der Waals surface area contributed by atoms with E-state index in [0.29, 0.717) is 28.6 Å². The predicted molar refractivity (Wildman–Crippen MR) is 145 cm³/mol. The molecule has 1 fully saturated rings. The van der Waals surface area contributed by atoms with Crippen molar-refractivity contribution in [2.45, 2.75) is 65.8 Å². The molecule has 1 saturated carbocycles. The van der Waals surface area contributed by atoms with Gasteiger partial charge in [0, 0.05) is 29.9 Å². The molecular formula is C29H38FN3O3. The molecule has 0 saturated heterocycles. The maximum Gasteiger partial charge on any atom is 0.330 e. The Morgan fingerprint density at radius 1 is 1.11 bits per heavy atom. The molecule has 2 amide bonds. The summed E-state index contributed by atoms with van der Waals surface area (Å²) in [5.74, 6) is -0.659. The number of amides is 2. The number of hydrogen-bond donors (Lipinski definition) is 2. The van der Waals surface area contributed by atoms with Crippen LogP contribution in [0.2, 0.25) is 0 Å². The molecule has 0 bridgehead atoms. The van der Waals surface area contributed by atoms with Crippen molar-refractivity contribution in [3.05, 3.63) is 59.4 Å². The van der Waals surface area contributed by atoms with Crippen molar-refractivity contribution in [2.75, 3.05) is 29.2 Å². The maximum absolute atomic E-state index is 15.5. The van der Waals surface area contributed by atoms with Crippen LogP contribution in [0.3, 0.4) is 0 Å². The van der Waals surface area contributed by atoms with Gasteiger partial charge in [-0.25, -0.2) is 14.0 Å². The average molecular weight is 496 g/mol. The third-order valence-corrected chi connectivity index (χ3v) is 6.49. The van der Waals surface area contributed by atoms with Crippen molar-refractivity contribution in [3.8, 4) is 0 Å². The van der Waals surface area contributed by atoms with Crippen LogP contribution in [0.1, 0.15) is 64.0 Å². The quantitative estimate of drug-likeness (QED) is 0.301. The highest BCUT2D eigenvalue weighted by molar-refractivity contribution is 6.02. The Kier molecular flexibility index (Phi) is 9.51. The van der Waals surface area contributed by atoms with E-state index in [1.807, 2.05) is 31.2 Å². The fourth-order valence-electron chi connectivity index (χ4n) is 4.67. The van der Waals surface area contributed by atoms with E-state index in [1.54, 1.807) is 13.0 Å². The summed E-state index contributed by atoms with van der Waals surface area (Å²) in [7, 11) is 1.28. The highest BCUT2D eigenvalue weighted by atomic mass is 19.1. The number of esters is 1. The van der Waals surface area contributed by atoms with Crippen molar-refractivity contribution in [1.82, 2.24) is 0 Å². The second-order valence-corrected chi connectivity index (χ2v) is 9.98. The lowest BCUT2D eigenvalue weighted by atomic mass is 9.92. The second-order valence-electron chi connectivity index (χ2n) is 9.98. The average Bonchev–Trinajstić information content (AvgIpc) is 2.85. The third kappa shape index (κ3) is 7.33. The van der Waals surface area contributed by atoms with Gasteiger partial charge in [0.25, 0.3) is 0 Å². The molecule has 2 aromatic rings. The van der Waals surface area contributed by atoms with E-state index in [0.717, 1.165) is 37.8 Å². The molecule has 1 aliphatic rings. The summed E-state index contributed by atoms with van der Waals surface area (Å²) in [4.78, 5) is 27.0. The Balaban J connectivity index is 2.03. The first-order valence-corrected chi connectivity index (χ1v) is 12.7. The summed E-state index contributed by atoms with van der Waals surface area (Å²) in [6, 6.07) is 10.5. The molecule has 0 atom stereocenters. The smallest absolute Gasteiger partial charge is 0.330 e. The van der Waals surface area contributed by atoms with Gasteiger partial charge in [-0.15, -0.1) is 0 Å². The van der Waals surface area contributed by atoms with Gasteiger partial charge >= 0.3 is 12.0 Å². The maximum atomic E-state index is 15.5. The number of nitrogens with zero attached hydrogens (tertiary/aromatic N) is 1. The van der Waals surface area contributed by atoms with E-state index < -0.39 is 17.8 Å². The number of rotatable bonds is 8. The minimum absolute atomic E-state index is 0.239. The minimum Gasteiger partial charge on any atom is -0.466 e. The normalized spacial score (nSPS) is 14.5. The van der Waals surface area contributed by atoms with Crippen LogP contribution in [0, 0.1) is 18.7 Å². The number of anilines is 3. The van der Waals surface area contributed by atoms with Crippen LogP contribution >= 0.6 is 0 Å². The molecular weight excluding hydrogens is 457 g/mol. The molecule has 194 valence electrons. The third-order valence-electron chi connectivity index (χ3n) is 6.49. The molecule has 36 heavy (non-hydrogen) atoms. The standard InChI is InChI=1S/C29H38FN3O3/c1-19(2)18-33(23-9-7-6-8-10-23)27-17-25(30)24(21(4)15-28(34)36-5)16-26(27)32-29(35)31-22-13-11-20(3)12-14-22/h11-17,19,23H,6-10,18H2,1-5H3,(H2,31,32,35). The van der Waals surface area contributed by atoms with Gasteiger partial charge in [0.2, 0.25) is 0 Å². The largest absolute Gasteiger partial charge is 0.466 e. The Morgan fingerprint density at radius 3 is 2.39 bits per heavy atom. The zero-order valence-electron chi connectivity index (χ0n) is 22.0. The van der Waals surface area contributed by atoms with Crippen LogP contribution in [0.5, 0.6) is 0 Å². The van der Waals surface area contributed by atoms with Crippen LogP contribution < -0.4 is 15.5 Å². The van der Waals surface area contributed by atoms with Gasteiger partial charge in [-0.3, -0.25) is 0 Å². The van der Waals surface area contributed by atoms with Crippen LogP contribution in [0.15, 0.2) is 42.5 Å². The van der Waals surface area contributed by atoms with Gasteiger partial charge in [-0.2, -0.15) is 0 Å². The Bertz CT molecular complexity index is 1090. The van der Waals surface area contributed by atoms with Crippen LogP contribution in [-0.2, 0) is 9.53 Å². The van der Waals surface area contributed by atoms with Crippen LogP contribution in [0.25, 0.3) is 5.57 Å². The van der Waals surface area contributed by atoms with Gasteiger partial charge < -0.3 is 20.3 Å². The highest BCUT2D eigenvalue weighted by Crippen LogP contribution is 2.37. The number of allylic oxidation sites excluding steroid dienone is 1. The van der Waals surface area contributed by atoms with Gasteiger partial charge in [-0.1, -0.05) is 50.8 Å². The lowest BCUT2D eigenvalue weighted by Crippen LogP contribution is -2.40. The van der Waals surface area contributed by atoms with E-state index in [2.05, 4.69) is 29.4 Å². The first kappa shape index (κ1) is 27.2. The zero-order valence-corrected chi connectivity index (χ0v) is 22.0. The van der Waals surface area contributed by atoms with Gasteiger partial charge in [0.05, 0.1) is 18.5 Å². The molecule has 0 aromatic heterocycles. The van der Waals surface area contributed by atoms with Gasteiger partial charge in [-0.05, 0) is 62.4 Å². The Labute approximate surface area is 213 Å². The number of benzene rings is 2. The van der Waals surface area contributed by atoms with E-state index >= 15 is 4.39 Å². The van der Waals surface area contributed by atoms with Crippen molar-refractivity contribution in [3.63, 3.8) is 0 Å². The fourth-order valence-corrected chi connectivity index (χ4v) is 4.67. The zero-order chi connectivity index (χ0) is 26.2. The SMILES string of the molecule is COC(=O)C=C(C)c1cc(NC(=O)Nc2ccc(C)cc2)c(N(CC(C)C)C2CCCCC2)cc1F. The second kappa shape index (κ2) is 12.6. The molecule has 3 rings (SSSR count). The summed E-state index contributed by atoms with van der Waals surface area (Å²) in [6.07, 6.45) is 6.80. The Morgan fingerprint density at radius 2 is 1.78 bits per heavy atom. The molecule has 0 heterocycles. The summed E-state index contributed by atoms with van der Waals surface area (Å²) in [6.45, 7) is 8.66. The lowest BCUT2D eigenvalue weighted by molar-refractivity contribution is -0.134. The van der Waals surface area contributed by atoms with Crippen molar-refractivity contribution in [1.29, 1.82) is 0 Å². The molecule has 0 spiro atoms. The van der Waals surface area contributed by atoms with Crippen molar-refractivity contribution < 1.29 is 18.7 Å². The summed E-state index contributed by atoms with van der Waals surface area (Å²) in [5, 5.41) is 5.81. The van der Waals surface area contributed by atoms with E-state index in [1.165, 1.54) is 25.7 Å². The highest BCUT2D eigenvalue weighted by Gasteiger charge is 2.26. The van der Waals surface area contributed by atoms with Crippen LogP contribution in [-0.4, -0.2) is 31.7 Å². The number of nitrogens with one attached hydrogen (secondary N) is 2. The Hall–Kier alpha value is -3.35. The molecule has 7 heteroatoms. The molecule has 2 N–H and O–H groups in total. The van der Waals surface area contributed by atoms with Crippen molar-refractivity contribution in [2.24, 2.45) is 5.92 Å².